The Labute approximate surface area is 94.9 Å². The number of nitrogens with one attached hydrogen (secondary N) is 1. The molecule has 0 radical (unpaired) electrons. The Hall–Kier alpha value is 0.0700. The summed E-state index contributed by atoms with van der Waals surface area (Å²) >= 11 is 7.64. The number of hydrogen-bond acceptors (Lipinski definition) is 4. The van der Waals surface area contributed by atoms with Crippen molar-refractivity contribution in [3.8, 4) is 0 Å². The average molecular weight is 240 g/mol. The third-order valence-electron chi connectivity index (χ3n) is 1.63. The number of methoxy groups -OCH3 is 1. The first-order chi connectivity index (χ1) is 6.72. The SMILES string of the molecule is CCSCCCNCC(Cl)C(=O)OC. The van der Waals surface area contributed by atoms with E-state index in [1.165, 1.54) is 7.11 Å². The molecule has 3 nitrogen and oxygen atoms in total. The Balaban J connectivity index is 3.23. The quantitative estimate of drug-likeness (QED) is 0.396. The lowest BCUT2D eigenvalue weighted by Crippen LogP contribution is -2.30. The molecule has 1 N–H and O–H groups in total. The van der Waals surface area contributed by atoms with Crippen molar-refractivity contribution in [3.05, 3.63) is 0 Å². The normalized spacial score (nSPS) is 12.5. The molecule has 1 atom stereocenters. The van der Waals surface area contributed by atoms with Gasteiger partial charge in [0, 0.05) is 6.54 Å². The summed E-state index contributed by atoms with van der Waals surface area (Å²) in [5, 5.41) is 2.54. The summed E-state index contributed by atoms with van der Waals surface area (Å²) < 4.78 is 4.49. The maximum Gasteiger partial charge on any atom is 0.325 e. The predicted molar refractivity (Wildman–Crippen MR) is 62.1 cm³/mol. The van der Waals surface area contributed by atoms with E-state index in [9.17, 15) is 4.79 Å². The average Bonchev–Trinajstić information content (AvgIpc) is 2.21. The molecule has 0 aromatic carbocycles. The molecule has 0 aliphatic heterocycles. The first kappa shape index (κ1) is 14.1. The van der Waals surface area contributed by atoms with Crippen LogP contribution >= 0.6 is 23.4 Å². The lowest BCUT2D eigenvalue weighted by atomic mass is 10.4. The molecular weight excluding hydrogens is 222 g/mol. The Kier molecular flexibility index (Phi) is 9.67. The molecular formula is C9H18ClNO2S. The topological polar surface area (TPSA) is 38.3 Å². The minimum Gasteiger partial charge on any atom is -0.468 e. The van der Waals surface area contributed by atoms with Gasteiger partial charge in [-0.2, -0.15) is 11.8 Å². The lowest BCUT2D eigenvalue weighted by Gasteiger charge is -2.08. The van der Waals surface area contributed by atoms with Crippen LogP contribution in [0, 0.1) is 0 Å². The van der Waals surface area contributed by atoms with Gasteiger partial charge in [0.2, 0.25) is 0 Å². The van der Waals surface area contributed by atoms with Crippen LogP contribution in [0.4, 0.5) is 0 Å². The van der Waals surface area contributed by atoms with Crippen molar-refractivity contribution in [3.63, 3.8) is 0 Å². The van der Waals surface area contributed by atoms with Crippen molar-refractivity contribution in [2.75, 3.05) is 31.7 Å². The smallest absolute Gasteiger partial charge is 0.325 e. The highest BCUT2D eigenvalue weighted by Gasteiger charge is 2.14. The van der Waals surface area contributed by atoms with Gasteiger partial charge in [-0.05, 0) is 24.5 Å². The third kappa shape index (κ3) is 7.47. The van der Waals surface area contributed by atoms with Crippen molar-refractivity contribution < 1.29 is 9.53 Å². The maximum atomic E-state index is 10.9. The minimum atomic E-state index is -0.571. The van der Waals surface area contributed by atoms with Crippen molar-refractivity contribution in [1.82, 2.24) is 5.32 Å². The van der Waals surface area contributed by atoms with Gasteiger partial charge < -0.3 is 10.1 Å². The van der Waals surface area contributed by atoms with Crippen LogP contribution in [0.25, 0.3) is 0 Å². The number of carbonyl (C=O) groups is 1. The molecule has 14 heavy (non-hydrogen) atoms. The van der Waals surface area contributed by atoms with Crippen molar-refractivity contribution in [1.29, 1.82) is 0 Å². The van der Waals surface area contributed by atoms with Crippen molar-refractivity contribution in [2.24, 2.45) is 0 Å². The van der Waals surface area contributed by atoms with E-state index in [0.29, 0.717) is 6.54 Å². The molecule has 5 heteroatoms. The third-order valence-corrected chi connectivity index (χ3v) is 2.94. The molecule has 0 aromatic heterocycles. The molecule has 0 spiro atoms. The predicted octanol–water partition coefficient (Wildman–Crippen LogP) is 1.50. The Morgan fingerprint density at radius 2 is 2.36 bits per heavy atom. The van der Waals surface area contributed by atoms with Crippen LogP contribution in [0.3, 0.4) is 0 Å². The molecule has 84 valence electrons. The van der Waals surface area contributed by atoms with Crippen LogP contribution < -0.4 is 5.32 Å². The summed E-state index contributed by atoms with van der Waals surface area (Å²) in [7, 11) is 1.34. The molecule has 1 unspecified atom stereocenters. The minimum absolute atomic E-state index is 0.373. The van der Waals surface area contributed by atoms with Crippen LogP contribution in [-0.2, 0) is 9.53 Å². The van der Waals surface area contributed by atoms with Gasteiger partial charge in [-0.15, -0.1) is 11.6 Å². The molecule has 0 saturated carbocycles. The number of hydrogen-bond donors (Lipinski definition) is 1. The van der Waals surface area contributed by atoms with Crippen molar-refractivity contribution in [2.45, 2.75) is 18.7 Å². The van der Waals surface area contributed by atoms with E-state index < -0.39 is 5.38 Å². The second-order valence-corrected chi connectivity index (χ2v) is 4.67. The summed E-state index contributed by atoms with van der Waals surface area (Å²) in [5.41, 5.74) is 0. The van der Waals surface area contributed by atoms with Gasteiger partial charge in [0.1, 0.15) is 5.38 Å². The van der Waals surface area contributed by atoms with Crippen LogP contribution in [-0.4, -0.2) is 43.1 Å². The van der Waals surface area contributed by atoms with Crippen molar-refractivity contribution >= 4 is 29.3 Å². The number of alkyl halides is 1. The molecule has 0 rings (SSSR count). The first-order valence-electron chi connectivity index (χ1n) is 4.72. The number of rotatable bonds is 8. The van der Waals surface area contributed by atoms with Crippen LogP contribution in [0.5, 0.6) is 0 Å². The Morgan fingerprint density at radius 1 is 1.64 bits per heavy atom. The van der Waals surface area contributed by atoms with E-state index in [1.807, 2.05) is 11.8 Å². The lowest BCUT2D eigenvalue weighted by molar-refractivity contribution is -0.140. The molecule has 0 fully saturated rings. The van der Waals surface area contributed by atoms with Gasteiger partial charge in [-0.1, -0.05) is 6.92 Å². The second-order valence-electron chi connectivity index (χ2n) is 2.75. The van der Waals surface area contributed by atoms with Gasteiger partial charge in [0.25, 0.3) is 0 Å². The summed E-state index contributed by atoms with van der Waals surface area (Å²) in [5.74, 6) is 1.93. The van der Waals surface area contributed by atoms with Gasteiger partial charge in [0.15, 0.2) is 0 Å². The highest BCUT2D eigenvalue weighted by molar-refractivity contribution is 7.99. The fraction of sp³-hybridized carbons (Fsp3) is 0.889. The van der Waals surface area contributed by atoms with E-state index >= 15 is 0 Å². The highest BCUT2D eigenvalue weighted by atomic mass is 35.5. The highest BCUT2D eigenvalue weighted by Crippen LogP contribution is 2.00. The molecule has 0 heterocycles. The molecule has 0 aromatic rings. The van der Waals surface area contributed by atoms with E-state index in [4.69, 9.17) is 11.6 Å². The zero-order valence-electron chi connectivity index (χ0n) is 8.72. The van der Waals surface area contributed by atoms with Crippen LogP contribution in [0.1, 0.15) is 13.3 Å². The largest absolute Gasteiger partial charge is 0.468 e. The zero-order valence-corrected chi connectivity index (χ0v) is 10.3. The second kappa shape index (κ2) is 9.62. The molecule has 0 saturated heterocycles. The maximum absolute atomic E-state index is 10.9. The first-order valence-corrected chi connectivity index (χ1v) is 6.31. The zero-order chi connectivity index (χ0) is 10.8. The Morgan fingerprint density at radius 3 is 2.93 bits per heavy atom. The molecule has 0 aliphatic carbocycles. The number of carbonyl (C=O) groups excluding carboxylic acids is 1. The van der Waals surface area contributed by atoms with Gasteiger partial charge in [-0.3, -0.25) is 4.79 Å². The summed E-state index contributed by atoms with van der Waals surface area (Å²) in [4.78, 5) is 10.9. The fourth-order valence-electron chi connectivity index (χ4n) is 0.884. The fourth-order valence-corrected chi connectivity index (χ4v) is 1.72. The van der Waals surface area contributed by atoms with E-state index in [0.717, 1.165) is 24.5 Å². The Bertz CT molecular complexity index is 158. The number of halogens is 1. The van der Waals surface area contributed by atoms with Crippen LogP contribution in [0.2, 0.25) is 0 Å². The molecule has 0 amide bonds. The number of ether oxygens (including phenoxy) is 1. The summed E-state index contributed by atoms with van der Waals surface area (Å²) in [6, 6.07) is 0. The number of thioether (sulfide) groups is 1. The monoisotopic (exact) mass is 239 g/mol. The standard InChI is InChI=1S/C9H18ClNO2S/c1-3-14-6-4-5-11-7-8(10)9(12)13-2/h8,11H,3-7H2,1-2H3. The van der Waals surface area contributed by atoms with Crippen LogP contribution in [0.15, 0.2) is 0 Å². The van der Waals surface area contributed by atoms with Gasteiger partial charge >= 0.3 is 5.97 Å². The number of esters is 1. The van der Waals surface area contributed by atoms with E-state index in [1.54, 1.807) is 0 Å². The van der Waals surface area contributed by atoms with Gasteiger partial charge in [-0.25, -0.2) is 0 Å². The summed E-state index contributed by atoms with van der Waals surface area (Å²) in [6.07, 6.45) is 1.10. The van der Waals surface area contributed by atoms with E-state index in [-0.39, 0.29) is 5.97 Å². The molecule has 0 aliphatic rings. The van der Waals surface area contributed by atoms with Gasteiger partial charge in [0.05, 0.1) is 7.11 Å². The molecule has 0 bridgehead atoms. The summed E-state index contributed by atoms with van der Waals surface area (Å²) in [6.45, 7) is 3.52. The van der Waals surface area contributed by atoms with E-state index in [2.05, 4.69) is 17.0 Å².